The average Bonchev–Trinajstić information content (AvgIpc) is 2.86. The van der Waals surface area contributed by atoms with E-state index in [0.717, 1.165) is 30.2 Å². The molecular formula is C14H20N4O2S. The molecule has 2 N–H and O–H groups in total. The van der Waals surface area contributed by atoms with Gasteiger partial charge < -0.3 is 19.8 Å². The summed E-state index contributed by atoms with van der Waals surface area (Å²) in [5.41, 5.74) is 1.00. The Morgan fingerprint density at radius 3 is 2.71 bits per heavy atom. The van der Waals surface area contributed by atoms with Crippen LogP contribution in [-0.2, 0) is 17.8 Å². The summed E-state index contributed by atoms with van der Waals surface area (Å²) in [6.07, 6.45) is 0.890. The number of hydrogen-bond donors (Lipinski definition) is 2. The summed E-state index contributed by atoms with van der Waals surface area (Å²) >= 11 is 5.25. The van der Waals surface area contributed by atoms with Crippen molar-refractivity contribution in [1.29, 1.82) is 0 Å². The van der Waals surface area contributed by atoms with Gasteiger partial charge in [0.2, 0.25) is 0 Å². The summed E-state index contributed by atoms with van der Waals surface area (Å²) in [7, 11) is 3.34. The van der Waals surface area contributed by atoms with Crippen molar-refractivity contribution in [1.82, 2.24) is 14.8 Å². The maximum Gasteiger partial charge on any atom is 0.195 e. The van der Waals surface area contributed by atoms with Gasteiger partial charge in [-0.05, 0) is 42.9 Å². The Balaban J connectivity index is 1.90. The lowest BCUT2D eigenvalue weighted by Gasteiger charge is -2.05. The molecule has 1 heterocycles. The number of nitrogens with one attached hydrogen (secondary N) is 2. The zero-order valence-corrected chi connectivity index (χ0v) is 13.1. The molecule has 1 aromatic heterocycles. The van der Waals surface area contributed by atoms with Crippen molar-refractivity contribution in [2.75, 3.05) is 26.1 Å². The van der Waals surface area contributed by atoms with Crippen LogP contribution in [0.4, 0.5) is 5.69 Å². The summed E-state index contributed by atoms with van der Waals surface area (Å²) < 4.78 is 12.6. The number of ether oxygens (including phenoxy) is 2. The molecule has 0 unspecified atom stereocenters. The topological polar surface area (TPSA) is 64.1 Å². The van der Waals surface area contributed by atoms with Crippen LogP contribution in [0.15, 0.2) is 24.3 Å². The number of benzene rings is 1. The Hall–Kier alpha value is -1.86. The Labute approximate surface area is 129 Å². The van der Waals surface area contributed by atoms with E-state index in [9.17, 15) is 0 Å². The van der Waals surface area contributed by atoms with Gasteiger partial charge in [0, 0.05) is 25.9 Å². The Kier molecular flexibility index (Phi) is 5.77. The molecule has 0 atom stereocenters. The van der Waals surface area contributed by atoms with Crippen molar-refractivity contribution in [2.24, 2.45) is 0 Å². The number of anilines is 1. The molecule has 0 radical (unpaired) electrons. The predicted octanol–water partition coefficient (Wildman–Crippen LogP) is 2.60. The summed E-state index contributed by atoms with van der Waals surface area (Å²) in [6.45, 7) is 2.05. The average molecular weight is 308 g/mol. The zero-order chi connectivity index (χ0) is 15.1. The first-order chi connectivity index (χ1) is 10.2. The molecule has 0 aliphatic heterocycles. The molecule has 0 amide bonds. The molecule has 0 fully saturated rings. The van der Waals surface area contributed by atoms with Crippen molar-refractivity contribution in [3.8, 4) is 5.75 Å². The molecule has 0 aliphatic rings. The van der Waals surface area contributed by atoms with Gasteiger partial charge in [0.1, 0.15) is 11.6 Å². The number of aromatic nitrogens is 3. The van der Waals surface area contributed by atoms with E-state index in [-0.39, 0.29) is 0 Å². The van der Waals surface area contributed by atoms with Crippen LogP contribution in [0.25, 0.3) is 0 Å². The van der Waals surface area contributed by atoms with Crippen LogP contribution in [0.1, 0.15) is 12.2 Å². The van der Waals surface area contributed by atoms with E-state index in [1.54, 1.807) is 18.9 Å². The quantitative estimate of drug-likeness (QED) is 0.580. The van der Waals surface area contributed by atoms with Crippen LogP contribution in [-0.4, -0.2) is 35.6 Å². The third kappa shape index (κ3) is 4.57. The Morgan fingerprint density at radius 2 is 2.05 bits per heavy atom. The minimum absolute atomic E-state index is 0.591. The maximum atomic E-state index is 5.25. The highest BCUT2D eigenvalue weighted by atomic mass is 32.1. The first kappa shape index (κ1) is 15.5. The van der Waals surface area contributed by atoms with Crippen LogP contribution in [0.5, 0.6) is 5.75 Å². The molecular weight excluding hydrogens is 288 g/mol. The second kappa shape index (κ2) is 7.80. The van der Waals surface area contributed by atoms with E-state index in [1.807, 2.05) is 24.3 Å². The number of methoxy groups -OCH3 is 2. The van der Waals surface area contributed by atoms with E-state index in [1.165, 1.54) is 0 Å². The number of nitrogens with zero attached hydrogens (tertiary/aromatic N) is 2. The fourth-order valence-corrected chi connectivity index (χ4v) is 2.14. The van der Waals surface area contributed by atoms with Crippen LogP contribution >= 0.6 is 12.2 Å². The van der Waals surface area contributed by atoms with Gasteiger partial charge in [0.05, 0.1) is 13.7 Å². The molecule has 0 spiro atoms. The molecule has 6 nitrogen and oxygen atoms in total. The molecule has 0 aliphatic carbocycles. The summed E-state index contributed by atoms with van der Waals surface area (Å²) in [5.74, 6) is 1.65. The molecule has 7 heteroatoms. The first-order valence-electron chi connectivity index (χ1n) is 6.76. The first-order valence-corrected chi connectivity index (χ1v) is 7.16. The highest BCUT2D eigenvalue weighted by Crippen LogP contribution is 2.15. The number of aryl methyl sites for hydroxylation is 1. The van der Waals surface area contributed by atoms with Crippen LogP contribution in [0, 0.1) is 4.77 Å². The molecule has 114 valence electrons. The van der Waals surface area contributed by atoms with E-state index in [2.05, 4.69) is 15.4 Å². The molecule has 0 saturated carbocycles. The molecule has 1 aromatic carbocycles. The second-order valence-corrected chi connectivity index (χ2v) is 4.92. The minimum atomic E-state index is 0.591. The second-order valence-electron chi connectivity index (χ2n) is 4.53. The normalized spacial score (nSPS) is 10.6. The van der Waals surface area contributed by atoms with E-state index in [4.69, 9.17) is 21.7 Å². The zero-order valence-electron chi connectivity index (χ0n) is 12.3. The van der Waals surface area contributed by atoms with Crippen molar-refractivity contribution in [3.63, 3.8) is 0 Å². The fourth-order valence-electron chi connectivity index (χ4n) is 1.89. The predicted molar refractivity (Wildman–Crippen MR) is 84.2 cm³/mol. The molecule has 21 heavy (non-hydrogen) atoms. The smallest absolute Gasteiger partial charge is 0.195 e. The van der Waals surface area contributed by atoms with Crippen molar-refractivity contribution >= 4 is 17.9 Å². The van der Waals surface area contributed by atoms with Gasteiger partial charge in [-0.1, -0.05) is 0 Å². The highest BCUT2D eigenvalue weighted by Gasteiger charge is 2.02. The van der Waals surface area contributed by atoms with Gasteiger partial charge in [-0.3, -0.25) is 0 Å². The van der Waals surface area contributed by atoms with E-state index < -0.39 is 0 Å². The lowest BCUT2D eigenvalue weighted by atomic mass is 10.3. The fraction of sp³-hybridized carbons (Fsp3) is 0.429. The third-order valence-corrected chi connectivity index (χ3v) is 3.31. The van der Waals surface area contributed by atoms with Crippen LogP contribution in [0.3, 0.4) is 0 Å². The maximum absolute atomic E-state index is 5.25. The summed E-state index contributed by atoms with van der Waals surface area (Å²) in [4.78, 5) is 3.10. The number of H-pyrrole nitrogens is 1. The Bertz CT molecular complexity index is 606. The van der Waals surface area contributed by atoms with Crippen LogP contribution < -0.4 is 10.1 Å². The highest BCUT2D eigenvalue weighted by molar-refractivity contribution is 7.71. The van der Waals surface area contributed by atoms with Gasteiger partial charge in [0.15, 0.2) is 4.77 Å². The molecule has 2 aromatic rings. The molecule has 0 saturated heterocycles. The third-order valence-electron chi connectivity index (χ3n) is 3.00. The summed E-state index contributed by atoms with van der Waals surface area (Å²) in [6, 6.07) is 7.74. The monoisotopic (exact) mass is 308 g/mol. The number of aromatic amines is 1. The van der Waals surface area contributed by atoms with E-state index >= 15 is 0 Å². The largest absolute Gasteiger partial charge is 0.497 e. The standard InChI is InChI=1S/C14H20N4O2S/c1-19-9-3-8-18-14(21)16-13(17-18)10-15-11-4-6-12(20-2)7-5-11/h4-7,15H,3,8-10H2,1-2H3,(H,16,17,21). The minimum Gasteiger partial charge on any atom is -0.497 e. The molecule has 2 rings (SSSR count). The van der Waals surface area contributed by atoms with Crippen molar-refractivity contribution in [3.05, 3.63) is 34.9 Å². The molecule has 0 bridgehead atoms. The lowest BCUT2D eigenvalue weighted by Crippen LogP contribution is -2.05. The Morgan fingerprint density at radius 1 is 1.29 bits per heavy atom. The van der Waals surface area contributed by atoms with Gasteiger partial charge >= 0.3 is 0 Å². The SMILES string of the molecule is COCCCn1nc(CNc2ccc(OC)cc2)[nH]c1=S. The summed E-state index contributed by atoms with van der Waals surface area (Å²) in [5, 5.41) is 7.73. The van der Waals surface area contributed by atoms with E-state index in [0.29, 0.717) is 17.9 Å². The van der Waals surface area contributed by atoms with Crippen molar-refractivity contribution in [2.45, 2.75) is 19.5 Å². The van der Waals surface area contributed by atoms with Gasteiger partial charge in [-0.25, -0.2) is 4.68 Å². The number of rotatable bonds is 8. The van der Waals surface area contributed by atoms with Crippen molar-refractivity contribution < 1.29 is 9.47 Å². The van der Waals surface area contributed by atoms with Gasteiger partial charge in [-0.2, -0.15) is 5.10 Å². The van der Waals surface area contributed by atoms with Gasteiger partial charge in [-0.15, -0.1) is 0 Å². The van der Waals surface area contributed by atoms with Gasteiger partial charge in [0.25, 0.3) is 0 Å². The number of hydrogen-bond acceptors (Lipinski definition) is 5. The lowest BCUT2D eigenvalue weighted by molar-refractivity contribution is 0.189. The van der Waals surface area contributed by atoms with Crippen LogP contribution in [0.2, 0.25) is 0 Å².